The van der Waals surface area contributed by atoms with Crippen LogP contribution in [0.4, 0.5) is 10.8 Å². The van der Waals surface area contributed by atoms with Crippen LogP contribution in [-0.2, 0) is 11.2 Å². The standard InChI is InChI=1S/C20H19ClN4O4S/c1-11(26)22-16-10-17(29-3)14(9-15(16)21)19(27)23-20-25-24-18(30-20)8-12-4-6-13(28-2)7-5-12/h4-7,9-10H,8H2,1-3H3,(H,22,26)(H,23,25,27). The van der Waals surface area contributed by atoms with Crippen LogP contribution in [0.15, 0.2) is 36.4 Å². The summed E-state index contributed by atoms with van der Waals surface area (Å²) in [7, 11) is 3.04. The van der Waals surface area contributed by atoms with E-state index in [0.29, 0.717) is 17.2 Å². The number of hydrogen-bond donors (Lipinski definition) is 2. The number of benzene rings is 2. The second kappa shape index (κ2) is 9.55. The summed E-state index contributed by atoms with van der Waals surface area (Å²) in [5, 5.41) is 14.8. The molecule has 0 saturated carbocycles. The molecule has 1 heterocycles. The Morgan fingerprint density at radius 3 is 2.43 bits per heavy atom. The molecule has 0 aliphatic carbocycles. The van der Waals surface area contributed by atoms with Crippen molar-refractivity contribution in [1.29, 1.82) is 0 Å². The van der Waals surface area contributed by atoms with E-state index in [4.69, 9.17) is 21.1 Å². The van der Waals surface area contributed by atoms with E-state index in [1.54, 1.807) is 7.11 Å². The second-order valence-electron chi connectivity index (χ2n) is 6.19. The van der Waals surface area contributed by atoms with Gasteiger partial charge < -0.3 is 14.8 Å². The Kier molecular flexibility index (Phi) is 6.86. The lowest BCUT2D eigenvalue weighted by atomic mass is 10.1. The monoisotopic (exact) mass is 446 g/mol. The van der Waals surface area contributed by atoms with Gasteiger partial charge in [-0.1, -0.05) is 35.1 Å². The predicted molar refractivity (Wildman–Crippen MR) is 116 cm³/mol. The molecule has 0 aliphatic heterocycles. The van der Waals surface area contributed by atoms with Crippen LogP contribution in [0.3, 0.4) is 0 Å². The number of anilines is 2. The van der Waals surface area contributed by atoms with Crippen molar-refractivity contribution in [2.45, 2.75) is 13.3 Å². The van der Waals surface area contributed by atoms with Gasteiger partial charge in [0, 0.05) is 19.4 Å². The van der Waals surface area contributed by atoms with Gasteiger partial charge in [-0.05, 0) is 23.8 Å². The molecule has 0 unspecified atom stereocenters. The smallest absolute Gasteiger partial charge is 0.261 e. The molecular weight excluding hydrogens is 428 g/mol. The van der Waals surface area contributed by atoms with E-state index < -0.39 is 5.91 Å². The van der Waals surface area contributed by atoms with Crippen LogP contribution in [0.5, 0.6) is 11.5 Å². The number of hydrogen-bond acceptors (Lipinski definition) is 7. The van der Waals surface area contributed by atoms with Crippen LogP contribution in [0, 0.1) is 0 Å². The lowest BCUT2D eigenvalue weighted by molar-refractivity contribution is -0.114. The summed E-state index contributed by atoms with van der Waals surface area (Å²) in [4.78, 5) is 24.0. The Labute approximate surface area is 182 Å². The Bertz CT molecular complexity index is 1070. The third-order valence-electron chi connectivity index (χ3n) is 4.05. The van der Waals surface area contributed by atoms with Gasteiger partial charge in [0.2, 0.25) is 11.0 Å². The van der Waals surface area contributed by atoms with Gasteiger partial charge in [-0.2, -0.15) is 0 Å². The van der Waals surface area contributed by atoms with E-state index in [1.807, 2.05) is 24.3 Å². The van der Waals surface area contributed by atoms with Gasteiger partial charge in [0.15, 0.2) is 0 Å². The summed E-state index contributed by atoms with van der Waals surface area (Å²) >= 11 is 7.45. The largest absolute Gasteiger partial charge is 0.497 e. The first-order valence-corrected chi connectivity index (χ1v) is 10.0. The summed E-state index contributed by atoms with van der Waals surface area (Å²) in [6.45, 7) is 1.36. The molecule has 156 valence electrons. The molecule has 30 heavy (non-hydrogen) atoms. The average molecular weight is 447 g/mol. The fourth-order valence-electron chi connectivity index (χ4n) is 2.64. The Hall–Kier alpha value is -3.17. The first-order valence-electron chi connectivity index (χ1n) is 8.81. The van der Waals surface area contributed by atoms with Crippen molar-refractivity contribution < 1.29 is 19.1 Å². The van der Waals surface area contributed by atoms with Crippen LogP contribution in [-0.4, -0.2) is 36.2 Å². The molecule has 0 radical (unpaired) electrons. The minimum atomic E-state index is -0.449. The van der Waals surface area contributed by atoms with Crippen molar-refractivity contribution in [3.05, 3.63) is 57.6 Å². The maximum absolute atomic E-state index is 12.7. The van der Waals surface area contributed by atoms with Gasteiger partial charge in [0.05, 0.1) is 30.5 Å². The average Bonchev–Trinajstić information content (AvgIpc) is 3.16. The van der Waals surface area contributed by atoms with E-state index in [0.717, 1.165) is 16.3 Å². The SMILES string of the molecule is COc1ccc(Cc2nnc(NC(=O)c3cc(Cl)c(NC(C)=O)cc3OC)s2)cc1. The van der Waals surface area contributed by atoms with E-state index >= 15 is 0 Å². The van der Waals surface area contributed by atoms with Crippen LogP contribution in [0.25, 0.3) is 0 Å². The Balaban J connectivity index is 1.73. The number of rotatable bonds is 7. The fourth-order valence-corrected chi connectivity index (χ4v) is 3.62. The Morgan fingerprint density at radius 1 is 1.07 bits per heavy atom. The van der Waals surface area contributed by atoms with Crippen molar-refractivity contribution in [2.75, 3.05) is 24.9 Å². The topological polar surface area (TPSA) is 102 Å². The van der Waals surface area contributed by atoms with Gasteiger partial charge in [-0.15, -0.1) is 10.2 Å². The molecule has 0 atom stereocenters. The molecule has 10 heteroatoms. The highest BCUT2D eigenvalue weighted by atomic mass is 35.5. The maximum Gasteiger partial charge on any atom is 0.261 e. The quantitative estimate of drug-likeness (QED) is 0.568. The normalized spacial score (nSPS) is 10.4. The zero-order chi connectivity index (χ0) is 21.7. The van der Waals surface area contributed by atoms with Gasteiger partial charge in [-0.25, -0.2) is 0 Å². The van der Waals surface area contributed by atoms with Gasteiger partial charge in [0.1, 0.15) is 16.5 Å². The molecule has 0 fully saturated rings. The summed E-state index contributed by atoms with van der Waals surface area (Å²) in [5.74, 6) is 0.314. The van der Waals surface area contributed by atoms with Crippen LogP contribution >= 0.6 is 22.9 Å². The minimum absolute atomic E-state index is 0.212. The number of halogens is 1. The highest BCUT2D eigenvalue weighted by molar-refractivity contribution is 7.15. The van der Waals surface area contributed by atoms with Crippen LogP contribution in [0.2, 0.25) is 5.02 Å². The summed E-state index contributed by atoms with van der Waals surface area (Å²) in [6, 6.07) is 10.6. The third kappa shape index (κ3) is 5.25. The van der Waals surface area contributed by atoms with Crippen molar-refractivity contribution in [2.24, 2.45) is 0 Å². The Morgan fingerprint density at radius 2 is 1.80 bits per heavy atom. The van der Waals surface area contributed by atoms with Crippen LogP contribution in [0.1, 0.15) is 27.9 Å². The molecular formula is C20H19ClN4O4S. The first-order chi connectivity index (χ1) is 14.4. The molecule has 3 aromatic rings. The zero-order valence-corrected chi connectivity index (χ0v) is 18.1. The molecule has 2 aromatic carbocycles. The van der Waals surface area contributed by atoms with Gasteiger partial charge >= 0.3 is 0 Å². The van der Waals surface area contributed by atoms with Gasteiger partial charge in [-0.3, -0.25) is 14.9 Å². The van der Waals surface area contributed by atoms with Crippen molar-refractivity contribution >= 4 is 45.6 Å². The van der Waals surface area contributed by atoms with Crippen molar-refractivity contribution in [3.8, 4) is 11.5 Å². The number of nitrogens with one attached hydrogen (secondary N) is 2. The molecule has 0 bridgehead atoms. The van der Waals surface area contributed by atoms with E-state index in [1.165, 1.54) is 37.5 Å². The maximum atomic E-state index is 12.7. The molecule has 2 amide bonds. The first kappa shape index (κ1) is 21.5. The molecule has 8 nitrogen and oxygen atoms in total. The molecule has 1 aromatic heterocycles. The minimum Gasteiger partial charge on any atom is -0.497 e. The summed E-state index contributed by atoms with van der Waals surface area (Å²) < 4.78 is 10.4. The van der Waals surface area contributed by atoms with E-state index in [-0.39, 0.29) is 22.2 Å². The molecule has 3 rings (SSSR count). The number of ether oxygens (including phenoxy) is 2. The van der Waals surface area contributed by atoms with Crippen LogP contribution < -0.4 is 20.1 Å². The van der Waals surface area contributed by atoms with E-state index in [9.17, 15) is 9.59 Å². The molecule has 0 aliphatic rings. The number of nitrogens with zero attached hydrogens (tertiary/aromatic N) is 2. The number of amides is 2. The zero-order valence-electron chi connectivity index (χ0n) is 16.5. The highest BCUT2D eigenvalue weighted by Gasteiger charge is 2.18. The lowest BCUT2D eigenvalue weighted by Crippen LogP contribution is -2.14. The van der Waals surface area contributed by atoms with Gasteiger partial charge in [0.25, 0.3) is 5.91 Å². The number of aromatic nitrogens is 2. The summed E-state index contributed by atoms with van der Waals surface area (Å²) in [5.41, 5.74) is 1.62. The molecule has 0 saturated heterocycles. The second-order valence-corrected chi connectivity index (χ2v) is 7.66. The number of carbonyl (C=O) groups is 2. The fraction of sp³-hybridized carbons (Fsp3) is 0.200. The lowest BCUT2D eigenvalue weighted by Gasteiger charge is -2.12. The summed E-state index contributed by atoms with van der Waals surface area (Å²) in [6.07, 6.45) is 0.581. The molecule has 2 N–H and O–H groups in total. The predicted octanol–water partition coefficient (Wildman–Crippen LogP) is 4.01. The van der Waals surface area contributed by atoms with Crippen molar-refractivity contribution in [3.63, 3.8) is 0 Å². The third-order valence-corrected chi connectivity index (χ3v) is 5.20. The van der Waals surface area contributed by atoms with Crippen molar-refractivity contribution in [1.82, 2.24) is 10.2 Å². The molecule has 0 spiro atoms. The number of carbonyl (C=O) groups excluding carboxylic acids is 2. The number of methoxy groups -OCH3 is 2. The van der Waals surface area contributed by atoms with E-state index in [2.05, 4.69) is 20.8 Å². The highest BCUT2D eigenvalue weighted by Crippen LogP contribution is 2.32.